The third-order valence-corrected chi connectivity index (χ3v) is 4.81. The zero-order valence-corrected chi connectivity index (χ0v) is 15.6. The Labute approximate surface area is 159 Å². The molecule has 6 nitrogen and oxygen atoms in total. The fraction of sp³-hybridized carbons (Fsp3) is 0.333. The fourth-order valence-corrected chi connectivity index (χ4v) is 3.33. The molecule has 0 atom stereocenters. The number of nitrogens with two attached hydrogens (primary N) is 1. The van der Waals surface area contributed by atoms with Crippen LogP contribution in [0.3, 0.4) is 0 Å². The van der Waals surface area contributed by atoms with E-state index in [9.17, 15) is 9.59 Å². The molecule has 3 rings (SSSR count). The Morgan fingerprint density at radius 3 is 2.44 bits per heavy atom. The quantitative estimate of drug-likeness (QED) is 0.760. The van der Waals surface area contributed by atoms with E-state index in [1.54, 1.807) is 0 Å². The van der Waals surface area contributed by atoms with Crippen LogP contribution in [0.2, 0.25) is 0 Å². The number of carbonyl (C=O) groups excluding carboxylic acids is 2. The molecule has 1 fully saturated rings. The van der Waals surface area contributed by atoms with Crippen LogP contribution in [0.4, 0.5) is 10.5 Å². The van der Waals surface area contributed by atoms with Gasteiger partial charge in [-0.25, -0.2) is 4.79 Å². The first-order valence-corrected chi connectivity index (χ1v) is 9.25. The minimum absolute atomic E-state index is 0.106. The molecule has 27 heavy (non-hydrogen) atoms. The number of hydrogen-bond donors (Lipinski definition) is 3. The van der Waals surface area contributed by atoms with Crippen molar-refractivity contribution < 1.29 is 9.59 Å². The van der Waals surface area contributed by atoms with Gasteiger partial charge in [-0.2, -0.15) is 0 Å². The molecule has 3 amide bonds. The Bertz CT molecular complexity index is 796. The van der Waals surface area contributed by atoms with E-state index in [2.05, 4.69) is 41.8 Å². The summed E-state index contributed by atoms with van der Waals surface area (Å²) in [6.07, 6.45) is 1.62. The Balaban J connectivity index is 1.53. The minimum atomic E-state index is -0.312. The van der Waals surface area contributed by atoms with Crippen molar-refractivity contribution in [2.45, 2.75) is 25.8 Å². The molecule has 0 aliphatic carbocycles. The van der Waals surface area contributed by atoms with E-state index < -0.39 is 0 Å². The number of hydrogen-bond acceptors (Lipinski definition) is 3. The van der Waals surface area contributed by atoms with Gasteiger partial charge in [-0.3, -0.25) is 9.69 Å². The van der Waals surface area contributed by atoms with E-state index in [4.69, 9.17) is 5.73 Å². The van der Waals surface area contributed by atoms with Crippen molar-refractivity contribution in [1.29, 1.82) is 0 Å². The number of benzene rings is 2. The summed E-state index contributed by atoms with van der Waals surface area (Å²) >= 11 is 0. The number of anilines is 1. The highest BCUT2D eigenvalue weighted by atomic mass is 16.2. The lowest BCUT2D eigenvalue weighted by atomic mass is 10.0. The predicted molar refractivity (Wildman–Crippen MR) is 107 cm³/mol. The summed E-state index contributed by atoms with van der Waals surface area (Å²) in [6, 6.07) is 16.0. The first-order valence-electron chi connectivity index (χ1n) is 9.25. The second-order valence-corrected chi connectivity index (χ2v) is 7.06. The van der Waals surface area contributed by atoms with Crippen LogP contribution >= 0.6 is 0 Å². The summed E-state index contributed by atoms with van der Waals surface area (Å²) in [4.78, 5) is 25.3. The third-order valence-electron chi connectivity index (χ3n) is 4.81. The number of rotatable bonds is 5. The molecular formula is C21H26N4O2. The maximum absolute atomic E-state index is 12.3. The van der Waals surface area contributed by atoms with Gasteiger partial charge in [0, 0.05) is 24.8 Å². The van der Waals surface area contributed by atoms with E-state index >= 15 is 0 Å². The average molecular weight is 366 g/mol. The standard InChI is InChI=1S/C21H26N4O2/c1-15-5-7-16(8-6-15)17-3-2-4-19(13-17)24-21(27)23-18-9-11-25(12-10-18)14-20(22)26/h2-8,13,18H,9-12,14H2,1H3,(H2,22,26)(H2,23,24,27). The summed E-state index contributed by atoms with van der Waals surface area (Å²) in [7, 11) is 0. The van der Waals surface area contributed by atoms with Gasteiger partial charge in [0.2, 0.25) is 5.91 Å². The van der Waals surface area contributed by atoms with Gasteiger partial charge in [-0.05, 0) is 43.0 Å². The van der Waals surface area contributed by atoms with Gasteiger partial charge in [-0.15, -0.1) is 0 Å². The van der Waals surface area contributed by atoms with Crippen LogP contribution in [0.5, 0.6) is 0 Å². The highest BCUT2D eigenvalue weighted by Gasteiger charge is 2.21. The molecule has 2 aromatic rings. The van der Waals surface area contributed by atoms with Crippen LogP contribution in [-0.4, -0.2) is 42.5 Å². The Hall–Kier alpha value is -2.86. The van der Waals surface area contributed by atoms with Crippen LogP contribution in [-0.2, 0) is 4.79 Å². The maximum atomic E-state index is 12.3. The van der Waals surface area contributed by atoms with Gasteiger partial charge in [0.15, 0.2) is 0 Å². The van der Waals surface area contributed by atoms with Crippen molar-refractivity contribution >= 4 is 17.6 Å². The van der Waals surface area contributed by atoms with Crippen molar-refractivity contribution in [2.75, 3.05) is 25.0 Å². The van der Waals surface area contributed by atoms with Crippen molar-refractivity contribution in [3.05, 3.63) is 54.1 Å². The molecule has 0 saturated carbocycles. The number of primary amides is 1. The van der Waals surface area contributed by atoms with Crippen molar-refractivity contribution in [1.82, 2.24) is 10.2 Å². The average Bonchev–Trinajstić information content (AvgIpc) is 2.64. The molecule has 2 aromatic carbocycles. The minimum Gasteiger partial charge on any atom is -0.369 e. The maximum Gasteiger partial charge on any atom is 0.319 e. The van der Waals surface area contributed by atoms with Gasteiger partial charge in [0.1, 0.15) is 0 Å². The molecule has 1 heterocycles. The van der Waals surface area contributed by atoms with Gasteiger partial charge in [0.05, 0.1) is 6.54 Å². The van der Waals surface area contributed by atoms with Crippen LogP contribution in [0, 0.1) is 6.92 Å². The Kier molecular flexibility index (Phi) is 6.08. The molecule has 1 aliphatic rings. The lowest BCUT2D eigenvalue weighted by Crippen LogP contribution is -2.47. The molecule has 0 unspecified atom stereocenters. The number of aryl methyl sites for hydroxylation is 1. The summed E-state index contributed by atoms with van der Waals surface area (Å²) in [6.45, 7) is 3.86. The molecule has 0 bridgehead atoms. The largest absolute Gasteiger partial charge is 0.369 e. The number of amides is 3. The van der Waals surface area contributed by atoms with Crippen LogP contribution in [0.25, 0.3) is 11.1 Å². The van der Waals surface area contributed by atoms with E-state index in [-0.39, 0.29) is 24.5 Å². The zero-order chi connectivity index (χ0) is 19.2. The smallest absolute Gasteiger partial charge is 0.319 e. The summed E-state index contributed by atoms with van der Waals surface area (Å²) in [5, 5.41) is 5.93. The topological polar surface area (TPSA) is 87.5 Å². The number of carbonyl (C=O) groups is 2. The van der Waals surface area contributed by atoms with Crippen molar-refractivity contribution in [3.8, 4) is 11.1 Å². The van der Waals surface area contributed by atoms with E-state index in [0.717, 1.165) is 42.7 Å². The second kappa shape index (κ2) is 8.68. The normalized spacial score (nSPS) is 15.3. The van der Waals surface area contributed by atoms with Gasteiger partial charge >= 0.3 is 6.03 Å². The number of urea groups is 1. The van der Waals surface area contributed by atoms with E-state index in [1.807, 2.05) is 29.2 Å². The first-order chi connectivity index (χ1) is 13.0. The predicted octanol–water partition coefficient (Wildman–Crippen LogP) is 2.73. The monoisotopic (exact) mass is 366 g/mol. The molecule has 0 aromatic heterocycles. The van der Waals surface area contributed by atoms with Crippen LogP contribution in [0.1, 0.15) is 18.4 Å². The lowest BCUT2D eigenvalue weighted by molar-refractivity contribution is -0.119. The number of piperidine rings is 1. The van der Waals surface area contributed by atoms with Crippen LogP contribution in [0.15, 0.2) is 48.5 Å². The molecule has 0 spiro atoms. The number of nitrogens with one attached hydrogen (secondary N) is 2. The summed E-state index contributed by atoms with van der Waals surface area (Å²) in [5.74, 6) is -0.312. The van der Waals surface area contributed by atoms with Crippen molar-refractivity contribution in [3.63, 3.8) is 0 Å². The fourth-order valence-electron chi connectivity index (χ4n) is 3.33. The number of nitrogens with zero attached hydrogens (tertiary/aromatic N) is 1. The Morgan fingerprint density at radius 1 is 1.07 bits per heavy atom. The number of likely N-dealkylation sites (tertiary alicyclic amines) is 1. The highest BCUT2D eigenvalue weighted by molar-refractivity contribution is 5.90. The van der Waals surface area contributed by atoms with Gasteiger partial charge in [-0.1, -0.05) is 42.0 Å². The third kappa shape index (κ3) is 5.56. The Morgan fingerprint density at radius 2 is 1.78 bits per heavy atom. The zero-order valence-electron chi connectivity index (χ0n) is 15.6. The van der Waals surface area contributed by atoms with Crippen LogP contribution < -0.4 is 16.4 Å². The molecule has 4 N–H and O–H groups in total. The first kappa shape index (κ1) is 18.9. The van der Waals surface area contributed by atoms with Gasteiger partial charge < -0.3 is 16.4 Å². The second-order valence-electron chi connectivity index (χ2n) is 7.06. The van der Waals surface area contributed by atoms with Gasteiger partial charge in [0.25, 0.3) is 0 Å². The summed E-state index contributed by atoms with van der Waals surface area (Å²) in [5.41, 5.74) is 9.38. The molecular weight excluding hydrogens is 340 g/mol. The summed E-state index contributed by atoms with van der Waals surface area (Å²) < 4.78 is 0. The van der Waals surface area contributed by atoms with E-state index in [1.165, 1.54) is 5.56 Å². The van der Waals surface area contributed by atoms with E-state index in [0.29, 0.717) is 0 Å². The lowest BCUT2D eigenvalue weighted by Gasteiger charge is -2.31. The molecule has 142 valence electrons. The SMILES string of the molecule is Cc1ccc(-c2cccc(NC(=O)NC3CCN(CC(N)=O)CC3)c2)cc1. The molecule has 1 aliphatic heterocycles. The highest BCUT2D eigenvalue weighted by Crippen LogP contribution is 2.23. The molecule has 0 radical (unpaired) electrons. The molecule has 1 saturated heterocycles. The molecule has 6 heteroatoms. The van der Waals surface area contributed by atoms with Crippen molar-refractivity contribution in [2.24, 2.45) is 5.73 Å².